The zero-order valence-electron chi connectivity index (χ0n) is 9.23. The summed E-state index contributed by atoms with van der Waals surface area (Å²) in [5.74, 6) is -0.327. The second-order valence-electron chi connectivity index (χ2n) is 3.72. The van der Waals surface area contributed by atoms with Gasteiger partial charge in [0.05, 0.1) is 18.7 Å². The number of ether oxygens (including phenoxy) is 2. The van der Waals surface area contributed by atoms with Crippen molar-refractivity contribution in [1.82, 2.24) is 5.32 Å². The van der Waals surface area contributed by atoms with Crippen LogP contribution in [0.3, 0.4) is 0 Å². The largest absolute Gasteiger partial charge is 0.431 e. The van der Waals surface area contributed by atoms with Crippen molar-refractivity contribution in [3.63, 3.8) is 0 Å². The van der Waals surface area contributed by atoms with E-state index < -0.39 is 6.29 Å². The molecule has 1 saturated heterocycles. The molecule has 0 aromatic heterocycles. The maximum absolute atomic E-state index is 11.8. The van der Waals surface area contributed by atoms with Crippen molar-refractivity contribution >= 4 is 5.97 Å². The monoisotopic (exact) mass is 221 g/mol. The van der Waals surface area contributed by atoms with Gasteiger partial charge in [0.15, 0.2) is 0 Å². The molecular formula is C12H15NO3. The highest BCUT2D eigenvalue weighted by Crippen LogP contribution is 2.10. The number of hydrogen-bond acceptors (Lipinski definition) is 4. The van der Waals surface area contributed by atoms with E-state index in [1.54, 1.807) is 6.07 Å². The number of aryl methyl sites for hydroxylation is 1. The summed E-state index contributed by atoms with van der Waals surface area (Å²) < 4.78 is 10.5. The first kappa shape index (κ1) is 11.1. The summed E-state index contributed by atoms with van der Waals surface area (Å²) in [6.07, 6.45) is -0.471. The first-order valence-corrected chi connectivity index (χ1v) is 5.36. The summed E-state index contributed by atoms with van der Waals surface area (Å²) >= 11 is 0. The van der Waals surface area contributed by atoms with Gasteiger partial charge in [0.2, 0.25) is 6.29 Å². The number of benzene rings is 1. The topological polar surface area (TPSA) is 47.6 Å². The molecule has 1 N–H and O–H groups in total. The Balaban J connectivity index is 2.00. The predicted octanol–water partition coefficient (Wildman–Crippen LogP) is 1.10. The van der Waals surface area contributed by atoms with Crippen molar-refractivity contribution in [2.75, 3.05) is 19.7 Å². The van der Waals surface area contributed by atoms with Crippen molar-refractivity contribution in [3.05, 3.63) is 35.4 Å². The van der Waals surface area contributed by atoms with E-state index in [1.807, 2.05) is 25.1 Å². The molecule has 1 aromatic rings. The van der Waals surface area contributed by atoms with Crippen LogP contribution in [0.2, 0.25) is 0 Å². The molecule has 4 nitrogen and oxygen atoms in total. The van der Waals surface area contributed by atoms with Gasteiger partial charge in [-0.2, -0.15) is 0 Å². The van der Waals surface area contributed by atoms with Crippen molar-refractivity contribution < 1.29 is 14.3 Å². The van der Waals surface area contributed by atoms with Crippen LogP contribution >= 0.6 is 0 Å². The molecule has 0 saturated carbocycles. The summed E-state index contributed by atoms with van der Waals surface area (Å²) in [6, 6.07) is 7.36. The third kappa shape index (κ3) is 2.59. The van der Waals surface area contributed by atoms with Crippen LogP contribution in [0.1, 0.15) is 15.9 Å². The molecule has 1 aromatic carbocycles. The molecule has 0 amide bonds. The standard InChI is InChI=1S/C12H15NO3/c1-9-4-2-3-5-10(9)12(14)16-11-8-13-6-7-15-11/h2-5,11,13H,6-8H2,1H3. The Morgan fingerprint density at radius 2 is 2.31 bits per heavy atom. The van der Waals surface area contributed by atoms with Crippen molar-refractivity contribution in [2.45, 2.75) is 13.2 Å². The highest BCUT2D eigenvalue weighted by Gasteiger charge is 2.19. The molecular weight excluding hydrogens is 206 g/mol. The fourth-order valence-electron chi connectivity index (χ4n) is 1.60. The lowest BCUT2D eigenvalue weighted by Crippen LogP contribution is -2.41. The molecule has 0 spiro atoms. The fraction of sp³-hybridized carbons (Fsp3) is 0.417. The molecule has 1 aliphatic heterocycles. The van der Waals surface area contributed by atoms with Gasteiger partial charge < -0.3 is 14.8 Å². The van der Waals surface area contributed by atoms with Gasteiger partial charge in [-0.3, -0.25) is 0 Å². The molecule has 16 heavy (non-hydrogen) atoms. The Labute approximate surface area is 94.6 Å². The van der Waals surface area contributed by atoms with Gasteiger partial charge >= 0.3 is 5.97 Å². The zero-order valence-corrected chi connectivity index (χ0v) is 9.23. The zero-order chi connectivity index (χ0) is 11.4. The van der Waals surface area contributed by atoms with Gasteiger partial charge in [0, 0.05) is 6.54 Å². The molecule has 4 heteroatoms. The van der Waals surface area contributed by atoms with Crippen LogP contribution in [0.5, 0.6) is 0 Å². The van der Waals surface area contributed by atoms with E-state index in [-0.39, 0.29) is 5.97 Å². The van der Waals surface area contributed by atoms with Crippen molar-refractivity contribution in [2.24, 2.45) is 0 Å². The van der Waals surface area contributed by atoms with E-state index in [9.17, 15) is 4.79 Å². The van der Waals surface area contributed by atoms with E-state index in [4.69, 9.17) is 9.47 Å². The average molecular weight is 221 g/mol. The Hall–Kier alpha value is -1.39. The molecule has 0 bridgehead atoms. The van der Waals surface area contributed by atoms with Crippen LogP contribution in [-0.4, -0.2) is 32.0 Å². The summed E-state index contributed by atoms with van der Waals surface area (Å²) in [6.45, 7) is 3.82. The normalized spacial score (nSPS) is 20.4. The van der Waals surface area contributed by atoms with E-state index in [1.165, 1.54) is 0 Å². The second-order valence-corrected chi connectivity index (χ2v) is 3.72. The van der Waals surface area contributed by atoms with Gasteiger partial charge in [0.1, 0.15) is 0 Å². The minimum atomic E-state index is -0.471. The highest BCUT2D eigenvalue weighted by molar-refractivity contribution is 5.91. The average Bonchev–Trinajstić information content (AvgIpc) is 2.31. The van der Waals surface area contributed by atoms with Crippen LogP contribution in [0.4, 0.5) is 0 Å². The maximum atomic E-state index is 11.8. The Morgan fingerprint density at radius 1 is 1.50 bits per heavy atom. The second kappa shape index (κ2) is 5.09. The van der Waals surface area contributed by atoms with Crippen LogP contribution in [0.15, 0.2) is 24.3 Å². The quantitative estimate of drug-likeness (QED) is 0.760. The van der Waals surface area contributed by atoms with Crippen LogP contribution < -0.4 is 5.32 Å². The van der Waals surface area contributed by atoms with Crippen LogP contribution in [0, 0.1) is 6.92 Å². The summed E-state index contributed by atoms with van der Waals surface area (Å²) in [7, 11) is 0. The first-order valence-electron chi connectivity index (χ1n) is 5.36. The lowest BCUT2D eigenvalue weighted by Gasteiger charge is -2.23. The van der Waals surface area contributed by atoms with Gasteiger partial charge in [-0.1, -0.05) is 18.2 Å². The van der Waals surface area contributed by atoms with Gasteiger partial charge in [-0.15, -0.1) is 0 Å². The number of rotatable bonds is 2. The third-order valence-electron chi connectivity index (χ3n) is 2.50. The molecule has 0 radical (unpaired) electrons. The number of esters is 1. The summed E-state index contributed by atoms with van der Waals surface area (Å²) in [5, 5.41) is 3.10. The number of nitrogens with one attached hydrogen (secondary N) is 1. The fourth-order valence-corrected chi connectivity index (χ4v) is 1.60. The van der Waals surface area contributed by atoms with Crippen molar-refractivity contribution in [1.29, 1.82) is 0 Å². The molecule has 1 heterocycles. The number of hydrogen-bond donors (Lipinski definition) is 1. The molecule has 1 unspecified atom stereocenters. The minimum absolute atomic E-state index is 0.327. The highest BCUT2D eigenvalue weighted by atomic mass is 16.7. The van der Waals surface area contributed by atoms with Gasteiger partial charge in [-0.25, -0.2) is 4.79 Å². The Morgan fingerprint density at radius 3 is 3.00 bits per heavy atom. The van der Waals surface area contributed by atoms with E-state index in [0.717, 1.165) is 12.1 Å². The molecule has 2 rings (SSSR count). The van der Waals surface area contributed by atoms with E-state index in [0.29, 0.717) is 18.7 Å². The molecule has 1 atom stereocenters. The minimum Gasteiger partial charge on any atom is -0.431 e. The predicted molar refractivity (Wildman–Crippen MR) is 59.2 cm³/mol. The van der Waals surface area contributed by atoms with Crippen molar-refractivity contribution in [3.8, 4) is 0 Å². The first-order chi connectivity index (χ1) is 7.77. The molecule has 86 valence electrons. The van der Waals surface area contributed by atoms with Crippen LogP contribution in [0.25, 0.3) is 0 Å². The SMILES string of the molecule is Cc1ccccc1C(=O)OC1CNCCO1. The third-order valence-corrected chi connectivity index (χ3v) is 2.50. The molecule has 1 aliphatic rings. The van der Waals surface area contributed by atoms with Crippen LogP contribution in [-0.2, 0) is 9.47 Å². The number of morpholine rings is 1. The maximum Gasteiger partial charge on any atom is 0.340 e. The lowest BCUT2D eigenvalue weighted by atomic mass is 10.1. The Kier molecular flexibility index (Phi) is 3.54. The van der Waals surface area contributed by atoms with E-state index in [2.05, 4.69) is 5.32 Å². The number of carbonyl (C=O) groups excluding carboxylic acids is 1. The Bertz CT molecular complexity index is 372. The van der Waals surface area contributed by atoms with Gasteiger partial charge in [0.25, 0.3) is 0 Å². The summed E-state index contributed by atoms with van der Waals surface area (Å²) in [5.41, 5.74) is 1.51. The smallest absolute Gasteiger partial charge is 0.340 e. The molecule has 1 fully saturated rings. The lowest BCUT2D eigenvalue weighted by molar-refractivity contribution is -0.121. The van der Waals surface area contributed by atoms with Gasteiger partial charge in [-0.05, 0) is 18.6 Å². The molecule has 0 aliphatic carbocycles. The van der Waals surface area contributed by atoms with E-state index >= 15 is 0 Å². The summed E-state index contributed by atoms with van der Waals surface area (Å²) in [4.78, 5) is 11.8. The number of carbonyl (C=O) groups is 1.